The molecule has 1 rings (SSSR count). The smallest absolute Gasteiger partial charge is 0.247 e. The Labute approximate surface area is 88.2 Å². The predicted molar refractivity (Wildman–Crippen MR) is 53.9 cm³/mol. The van der Waals surface area contributed by atoms with Gasteiger partial charge in [0.1, 0.15) is 6.10 Å². The molecule has 6 nitrogen and oxygen atoms in total. The average Bonchev–Trinajstić information content (AvgIpc) is 2.95. The lowest BCUT2D eigenvalue weighted by Gasteiger charge is -2.08. The van der Waals surface area contributed by atoms with E-state index >= 15 is 0 Å². The van der Waals surface area contributed by atoms with E-state index < -0.39 is 12.0 Å². The highest BCUT2D eigenvalue weighted by atomic mass is 16.3. The molecular formula is C9H17N3O3. The maximum Gasteiger partial charge on any atom is 0.247 e. The molecule has 5 N–H and O–H groups in total. The summed E-state index contributed by atoms with van der Waals surface area (Å²) in [5.41, 5.74) is 4.84. The fourth-order valence-corrected chi connectivity index (χ4v) is 1.07. The molecule has 2 amide bonds. The highest BCUT2D eigenvalue weighted by molar-refractivity contribution is 5.78. The average molecular weight is 215 g/mol. The van der Waals surface area contributed by atoms with Crippen molar-refractivity contribution >= 4 is 11.8 Å². The van der Waals surface area contributed by atoms with Gasteiger partial charge in [0.25, 0.3) is 0 Å². The van der Waals surface area contributed by atoms with Gasteiger partial charge in [-0.1, -0.05) is 0 Å². The number of hydrogen-bond acceptors (Lipinski definition) is 4. The van der Waals surface area contributed by atoms with Crippen molar-refractivity contribution in [1.82, 2.24) is 10.6 Å². The Morgan fingerprint density at radius 2 is 2.13 bits per heavy atom. The van der Waals surface area contributed by atoms with Gasteiger partial charge in [0.15, 0.2) is 0 Å². The lowest BCUT2D eigenvalue weighted by atomic mass is 10.3. The molecule has 0 radical (unpaired) electrons. The van der Waals surface area contributed by atoms with Crippen LogP contribution in [0.1, 0.15) is 19.3 Å². The van der Waals surface area contributed by atoms with Gasteiger partial charge in [0.2, 0.25) is 11.8 Å². The molecule has 0 spiro atoms. The molecule has 1 atom stereocenters. The Bertz CT molecular complexity index is 241. The van der Waals surface area contributed by atoms with Crippen molar-refractivity contribution in [2.24, 2.45) is 5.73 Å². The predicted octanol–water partition coefficient (Wildman–Crippen LogP) is -1.91. The molecule has 86 valence electrons. The molecule has 0 saturated heterocycles. The minimum Gasteiger partial charge on any atom is -0.382 e. The molecule has 1 fully saturated rings. The van der Waals surface area contributed by atoms with Gasteiger partial charge in [-0.15, -0.1) is 0 Å². The van der Waals surface area contributed by atoms with E-state index in [1.807, 2.05) is 0 Å². The number of carbonyl (C=O) groups is 2. The first-order valence-corrected chi connectivity index (χ1v) is 5.07. The molecule has 1 aliphatic carbocycles. The Morgan fingerprint density at radius 3 is 2.67 bits per heavy atom. The van der Waals surface area contributed by atoms with Crippen LogP contribution in [0.25, 0.3) is 0 Å². The van der Waals surface area contributed by atoms with E-state index in [2.05, 4.69) is 10.6 Å². The van der Waals surface area contributed by atoms with E-state index in [9.17, 15) is 9.59 Å². The molecule has 0 bridgehead atoms. The SMILES string of the molecule is NC(=O)C(O)CNCCC(=O)NC1CC1. The van der Waals surface area contributed by atoms with Crippen LogP contribution in [0.3, 0.4) is 0 Å². The quantitative estimate of drug-likeness (QED) is 0.372. The first kappa shape index (κ1) is 11.9. The van der Waals surface area contributed by atoms with Crippen LogP contribution in [0.4, 0.5) is 0 Å². The number of amides is 2. The summed E-state index contributed by atoms with van der Waals surface area (Å²) in [6.07, 6.45) is 1.30. The molecular weight excluding hydrogens is 198 g/mol. The number of nitrogens with one attached hydrogen (secondary N) is 2. The van der Waals surface area contributed by atoms with E-state index in [0.717, 1.165) is 12.8 Å². The molecule has 0 aromatic heterocycles. The van der Waals surface area contributed by atoms with Crippen molar-refractivity contribution in [3.05, 3.63) is 0 Å². The van der Waals surface area contributed by atoms with Gasteiger partial charge in [0, 0.05) is 25.6 Å². The van der Waals surface area contributed by atoms with Crippen molar-refractivity contribution in [2.45, 2.75) is 31.4 Å². The Balaban J connectivity index is 1.95. The van der Waals surface area contributed by atoms with E-state index in [1.165, 1.54) is 0 Å². The zero-order valence-electron chi connectivity index (χ0n) is 8.53. The highest BCUT2D eigenvalue weighted by Gasteiger charge is 2.22. The molecule has 15 heavy (non-hydrogen) atoms. The number of aliphatic hydroxyl groups is 1. The number of nitrogens with two attached hydrogens (primary N) is 1. The zero-order valence-corrected chi connectivity index (χ0v) is 8.53. The minimum atomic E-state index is -1.18. The monoisotopic (exact) mass is 215 g/mol. The standard InChI is InChI=1S/C9H17N3O3/c10-9(15)7(13)5-11-4-3-8(14)12-6-1-2-6/h6-7,11,13H,1-5H2,(H2,10,15)(H,12,14). The third-order valence-electron chi connectivity index (χ3n) is 2.14. The van der Waals surface area contributed by atoms with Crippen LogP contribution in [-0.4, -0.2) is 42.2 Å². The topological polar surface area (TPSA) is 104 Å². The summed E-state index contributed by atoms with van der Waals surface area (Å²) in [5, 5.41) is 14.6. The van der Waals surface area contributed by atoms with Gasteiger partial charge in [-0.2, -0.15) is 0 Å². The third-order valence-corrected chi connectivity index (χ3v) is 2.14. The van der Waals surface area contributed by atoms with Crippen molar-refractivity contribution in [2.75, 3.05) is 13.1 Å². The summed E-state index contributed by atoms with van der Waals surface area (Å²) in [7, 11) is 0. The zero-order chi connectivity index (χ0) is 11.3. The van der Waals surface area contributed by atoms with Crippen LogP contribution in [0.5, 0.6) is 0 Å². The molecule has 0 aromatic carbocycles. The van der Waals surface area contributed by atoms with Crippen LogP contribution < -0.4 is 16.4 Å². The number of hydrogen-bond donors (Lipinski definition) is 4. The molecule has 0 aliphatic heterocycles. The summed E-state index contributed by atoms with van der Waals surface area (Å²) in [5.74, 6) is -0.761. The lowest BCUT2D eigenvalue weighted by Crippen LogP contribution is -2.39. The van der Waals surface area contributed by atoms with E-state index in [-0.39, 0.29) is 12.5 Å². The Kier molecular flexibility index (Phi) is 4.51. The minimum absolute atomic E-state index is 0.00133. The van der Waals surface area contributed by atoms with Gasteiger partial charge in [-0.05, 0) is 12.8 Å². The van der Waals surface area contributed by atoms with Crippen LogP contribution in [0.2, 0.25) is 0 Å². The van der Waals surface area contributed by atoms with Crippen molar-refractivity contribution < 1.29 is 14.7 Å². The number of aliphatic hydroxyl groups excluding tert-OH is 1. The largest absolute Gasteiger partial charge is 0.382 e. The summed E-state index contributed by atoms with van der Waals surface area (Å²) in [4.78, 5) is 21.6. The van der Waals surface area contributed by atoms with Crippen LogP contribution in [0.15, 0.2) is 0 Å². The first-order chi connectivity index (χ1) is 7.09. The molecule has 1 saturated carbocycles. The van der Waals surface area contributed by atoms with Crippen LogP contribution in [0, 0.1) is 0 Å². The lowest BCUT2D eigenvalue weighted by molar-refractivity contribution is -0.125. The second-order valence-corrected chi connectivity index (χ2v) is 3.71. The summed E-state index contributed by atoms with van der Waals surface area (Å²) in [6, 6.07) is 0.369. The van der Waals surface area contributed by atoms with Gasteiger partial charge < -0.3 is 21.5 Å². The Morgan fingerprint density at radius 1 is 1.47 bits per heavy atom. The van der Waals surface area contributed by atoms with Gasteiger partial charge in [-0.3, -0.25) is 9.59 Å². The first-order valence-electron chi connectivity index (χ1n) is 5.07. The van der Waals surface area contributed by atoms with E-state index in [4.69, 9.17) is 10.8 Å². The fourth-order valence-electron chi connectivity index (χ4n) is 1.07. The van der Waals surface area contributed by atoms with Crippen LogP contribution >= 0.6 is 0 Å². The molecule has 6 heteroatoms. The highest BCUT2D eigenvalue weighted by Crippen LogP contribution is 2.18. The molecule has 0 heterocycles. The fraction of sp³-hybridized carbons (Fsp3) is 0.778. The second-order valence-electron chi connectivity index (χ2n) is 3.71. The maximum absolute atomic E-state index is 11.2. The van der Waals surface area contributed by atoms with Crippen molar-refractivity contribution in [3.8, 4) is 0 Å². The maximum atomic E-state index is 11.2. The van der Waals surface area contributed by atoms with Gasteiger partial charge >= 0.3 is 0 Å². The molecule has 1 aliphatic rings. The summed E-state index contributed by atoms with van der Waals surface area (Å²) >= 11 is 0. The number of carbonyl (C=O) groups excluding carboxylic acids is 2. The molecule has 0 aromatic rings. The number of rotatable bonds is 7. The van der Waals surface area contributed by atoms with Crippen molar-refractivity contribution in [3.63, 3.8) is 0 Å². The van der Waals surface area contributed by atoms with Crippen molar-refractivity contribution in [1.29, 1.82) is 0 Å². The normalized spacial score (nSPS) is 17.1. The van der Waals surface area contributed by atoms with E-state index in [0.29, 0.717) is 19.0 Å². The van der Waals surface area contributed by atoms with Gasteiger partial charge in [-0.25, -0.2) is 0 Å². The van der Waals surface area contributed by atoms with E-state index in [1.54, 1.807) is 0 Å². The second kappa shape index (κ2) is 5.67. The number of primary amides is 1. The molecule has 1 unspecified atom stereocenters. The van der Waals surface area contributed by atoms with Crippen LogP contribution in [-0.2, 0) is 9.59 Å². The Hall–Kier alpha value is -1.14. The summed E-state index contributed by atoms with van der Waals surface area (Å²) < 4.78 is 0. The van der Waals surface area contributed by atoms with Gasteiger partial charge in [0.05, 0.1) is 0 Å². The summed E-state index contributed by atoms with van der Waals surface area (Å²) in [6.45, 7) is 0.523. The third kappa shape index (κ3) is 5.34.